The standard InChI is InChI=1S/C17H16O7/c1-9-6-12(19)15(17(21)24-9)11(18)5-4-10-7-13(22-2)16(20)14(8-10)23-3/h4-8,19-20H,1-3H3/b5-4-. The van der Waals surface area contributed by atoms with Crippen LogP contribution in [0.4, 0.5) is 0 Å². The van der Waals surface area contributed by atoms with Gasteiger partial charge in [0.2, 0.25) is 5.75 Å². The number of phenols is 1. The topological polar surface area (TPSA) is 106 Å². The summed E-state index contributed by atoms with van der Waals surface area (Å²) in [5.41, 5.74) is -0.872. The summed E-state index contributed by atoms with van der Waals surface area (Å²) >= 11 is 0. The van der Waals surface area contributed by atoms with E-state index in [9.17, 15) is 19.8 Å². The second kappa shape index (κ2) is 6.91. The van der Waals surface area contributed by atoms with Crippen LogP contribution in [0.1, 0.15) is 21.7 Å². The molecule has 1 heterocycles. The number of aryl methyl sites for hydroxylation is 1. The number of benzene rings is 1. The number of carbonyl (C=O) groups is 1. The van der Waals surface area contributed by atoms with Crippen molar-refractivity contribution in [3.63, 3.8) is 0 Å². The van der Waals surface area contributed by atoms with Gasteiger partial charge in [0.1, 0.15) is 17.1 Å². The van der Waals surface area contributed by atoms with Gasteiger partial charge in [0.15, 0.2) is 17.3 Å². The highest BCUT2D eigenvalue weighted by Gasteiger charge is 2.16. The molecule has 0 aliphatic rings. The van der Waals surface area contributed by atoms with Crippen LogP contribution in [0, 0.1) is 6.92 Å². The molecule has 0 unspecified atom stereocenters. The summed E-state index contributed by atoms with van der Waals surface area (Å²) in [4.78, 5) is 23.8. The molecule has 0 aliphatic heterocycles. The van der Waals surface area contributed by atoms with Crippen LogP contribution in [0.3, 0.4) is 0 Å². The van der Waals surface area contributed by atoms with Gasteiger partial charge in [-0.3, -0.25) is 4.79 Å². The number of ketones is 1. The molecule has 0 spiro atoms. The van der Waals surface area contributed by atoms with E-state index >= 15 is 0 Å². The van der Waals surface area contributed by atoms with Gasteiger partial charge in [-0.1, -0.05) is 6.08 Å². The molecular weight excluding hydrogens is 316 g/mol. The second-order valence-electron chi connectivity index (χ2n) is 4.88. The lowest BCUT2D eigenvalue weighted by molar-refractivity contribution is 0.104. The third-order valence-corrected chi connectivity index (χ3v) is 3.23. The number of methoxy groups -OCH3 is 2. The van der Waals surface area contributed by atoms with Crippen molar-refractivity contribution in [1.82, 2.24) is 0 Å². The summed E-state index contributed by atoms with van der Waals surface area (Å²) in [5, 5.41) is 19.6. The Kier molecular flexibility index (Phi) is 4.93. The Morgan fingerprint density at radius 3 is 2.21 bits per heavy atom. The molecule has 1 aromatic heterocycles. The molecule has 7 heteroatoms. The molecule has 2 N–H and O–H groups in total. The monoisotopic (exact) mass is 332 g/mol. The first-order valence-corrected chi connectivity index (χ1v) is 6.88. The molecule has 126 valence electrons. The van der Waals surface area contributed by atoms with Gasteiger partial charge in [-0.05, 0) is 30.7 Å². The van der Waals surface area contributed by atoms with Gasteiger partial charge in [0.25, 0.3) is 0 Å². The number of allylic oxidation sites excluding steroid dienone is 1. The summed E-state index contributed by atoms with van der Waals surface area (Å²) in [7, 11) is 2.76. The second-order valence-corrected chi connectivity index (χ2v) is 4.88. The van der Waals surface area contributed by atoms with Crippen LogP contribution < -0.4 is 15.1 Å². The molecule has 0 atom stereocenters. The van der Waals surface area contributed by atoms with Crippen LogP contribution >= 0.6 is 0 Å². The van der Waals surface area contributed by atoms with E-state index in [1.807, 2.05) is 0 Å². The highest BCUT2D eigenvalue weighted by Crippen LogP contribution is 2.37. The maximum Gasteiger partial charge on any atom is 0.351 e. The Morgan fingerprint density at radius 2 is 1.71 bits per heavy atom. The van der Waals surface area contributed by atoms with Crippen LogP contribution in [0.5, 0.6) is 23.0 Å². The normalized spacial score (nSPS) is 10.8. The molecule has 2 aromatic rings. The van der Waals surface area contributed by atoms with Crippen molar-refractivity contribution in [1.29, 1.82) is 0 Å². The SMILES string of the molecule is COc1cc(/C=C\C(=O)c2c(O)cc(C)oc2=O)cc(OC)c1O. The lowest BCUT2D eigenvalue weighted by Crippen LogP contribution is -2.12. The number of hydrogen-bond acceptors (Lipinski definition) is 7. The van der Waals surface area contributed by atoms with E-state index in [1.54, 1.807) is 0 Å². The summed E-state index contributed by atoms with van der Waals surface area (Å²) in [6.45, 7) is 1.49. The van der Waals surface area contributed by atoms with Crippen molar-refractivity contribution in [3.8, 4) is 23.0 Å². The highest BCUT2D eigenvalue weighted by molar-refractivity contribution is 6.08. The largest absolute Gasteiger partial charge is 0.507 e. The maximum absolute atomic E-state index is 12.1. The van der Waals surface area contributed by atoms with E-state index in [-0.39, 0.29) is 23.0 Å². The van der Waals surface area contributed by atoms with E-state index in [2.05, 4.69) is 0 Å². The van der Waals surface area contributed by atoms with Crippen molar-refractivity contribution < 1.29 is 28.9 Å². The average Bonchev–Trinajstić information content (AvgIpc) is 2.52. The van der Waals surface area contributed by atoms with Gasteiger partial charge < -0.3 is 24.1 Å². The maximum atomic E-state index is 12.1. The quantitative estimate of drug-likeness (QED) is 0.639. The predicted molar refractivity (Wildman–Crippen MR) is 86.0 cm³/mol. The van der Waals surface area contributed by atoms with Crippen molar-refractivity contribution in [2.45, 2.75) is 6.92 Å². The van der Waals surface area contributed by atoms with E-state index in [1.165, 1.54) is 45.4 Å². The zero-order valence-electron chi connectivity index (χ0n) is 13.3. The first-order chi connectivity index (χ1) is 11.4. The van der Waals surface area contributed by atoms with Gasteiger partial charge in [-0.15, -0.1) is 0 Å². The van der Waals surface area contributed by atoms with E-state index in [4.69, 9.17) is 13.9 Å². The molecule has 0 radical (unpaired) electrons. The molecule has 0 fully saturated rings. The number of hydrogen-bond donors (Lipinski definition) is 2. The van der Waals surface area contributed by atoms with Crippen molar-refractivity contribution in [2.75, 3.05) is 14.2 Å². The molecule has 2 rings (SSSR count). The third kappa shape index (κ3) is 3.40. The summed E-state index contributed by atoms with van der Waals surface area (Å²) in [6, 6.07) is 4.16. The highest BCUT2D eigenvalue weighted by atomic mass is 16.5. The number of rotatable bonds is 5. The number of ether oxygens (including phenoxy) is 2. The Balaban J connectivity index is 2.38. The van der Waals surface area contributed by atoms with Gasteiger partial charge in [0, 0.05) is 6.07 Å². The molecule has 0 saturated carbocycles. The first kappa shape index (κ1) is 17.1. The van der Waals surface area contributed by atoms with Crippen molar-refractivity contribution >= 4 is 11.9 Å². The molecule has 0 saturated heterocycles. The first-order valence-electron chi connectivity index (χ1n) is 6.88. The lowest BCUT2D eigenvalue weighted by atomic mass is 10.1. The predicted octanol–water partition coefficient (Wildman–Crippen LogP) is 2.27. The van der Waals surface area contributed by atoms with Crippen LogP contribution in [0.15, 0.2) is 33.5 Å². The fourth-order valence-electron chi connectivity index (χ4n) is 2.09. The fraction of sp³-hybridized carbons (Fsp3) is 0.176. The molecule has 24 heavy (non-hydrogen) atoms. The van der Waals surface area contributed by atoms with E-state index in [0.29, 0.717) is 5.56 Å². The average molecular weight is 332 g/mol. The Hall–Kier alpha value is -3.22. The van der Waals surface area contributed by atoms with Gasteiger partial charge in [-0.2, -0.15) is 0 Å². The minimum atomic E-state index is -0.914. The molecule has 0 aliphatic carbocycles. The summed E-state index contributed by atoms with van der Waals surface area (Å²) in [5.74, 6) is -0.795. The van der Waals surface area contributed by atoms with Crippen LogP contribution in [-0.2, 0) is 0 Å². The van der Waals surface area contributed by atoms with Crippen molar-refractivity contribution in [2.24, 2.45) is 0 Å². The van der Waals surface area contributed by atoms with Crippen LogP contribution in [0.2, 0.25) is 0 Å². The van der Waals surface area contributed by atoms with Gasteiger partial charge in [-0.25, -0.2) is 4.79 Å². The molecule has 1 aromatic carbocycles. The molecule has 0 amide bonds. The lowest BCUT2D eigenvalue weighted by Gasteiger charge is -2.09. The zero-order chi connectivity index (χ0) is 17.9. The zero-order valence-corrected chi connectivity index (χ0v) is 13.3. The smallest absolute Gasteiger partial charge is 0.351 e. The van der Waals surface area contributed by atoms with Crippen LogP contribution in [-0.4, -0.2) is 30.2 Å². The molecular formula is C17H16O7. The van der Waals surface area contributed by atoms with Crippen LogP contribution in [0.25, 0.3) is 6.08 Å². The summed E-state index contributed by atoms with van der Waals surface area (Å²) in [6.07, 6.45) is 2.50. The number of aromatic hydroxyl groups is 2. The summed E-state index contributed by atoms with van der Waals surface area (Å²) < 4.78 is 14.8. The number of phenolic OH excluding ortho intramolecular Hbond substituents is 1. The minimum Gasteiger partial charge on any atom is -0.507 e. The van der Waals surface area contributed by atoms with Gasteiger partial charge in [0.05, 0.1) is 14.2 Å². The molecule has 0 bridgehead atoms. The van der Waals surface area contributed by atoms with Crippen molar-refractivity contribution in [3.05, 3.63) is 51.6 Å². The number of carbonyl (C=O) groups excluding carboxylic acids is 1. The van der Waals surface area contributed by atoms with Gasteiger partial charge >= 0.3 is 5.63 Å². The Morgan fingerprint density at radius 1 is 1.12 bits per heavy atom. The Labute approximate surface area is 137 Å². The minimum absolute atomic E-state index is 0.166. The van der Waals surface area contributed by atoms with E-state index < -0.39 is 22.7 Å². The third-order valence-electron chi connectivity index (χ3n) is 3.23. The van der Waals surface area contributed by atoms with E-state index in [0.717, 1.165) is 6.08 Å². The molecule has 7 nitrogen and oxygen atoms in total. The fourth-order valence-corrected chi connectivity index (χ4v) is 2.09. The Bertz CT molecular complexity index is 837.